The maximum absolute atomic E-state index is 13.9. The highest BCUT2D eigenvalue weighted by atomic mass is 35.5. The van der Waals surface area contributed by atoms with Crippen LogP contribution in [0.4, 0.5) is 4.39 Å². The lowest BCUT2D eigenvalue weighted by atomic mass is 10.1. The molecule has 0 spiro atoms. The molecule has 0 saturated heterocycles. The fourth-order valence-electron chi connectivity index (χ4n) is 2.72. The van der Waals surface area contributed by atoms with Crippen molar-refractivity contribution in [2.45, 2.75) is 38.3 Å². The highest BCUT2D eigenvalue weighted by Crippen LogP contribution is 2.26. The second-order valence-electron chi connectivity index (χ2n) is 4.91. The second kappa shape index (κ2) is 6.50. The van der Waals surface area contributed by atoms with Gasteiger partial charge in [0.15, 0.2) is 0 Å². The van der Waals surface area contributed by atoms with Gasteiger partial charge in [0.05, 0.1) is 5.02 Å². The van der Waals surface area contributed by atoms with Gasteiger partial charge in [-0.05, 0) is 18.9 Å². The number of halogens is 2. The second-order valence-corrected chi connectivity index (χ2v) is 5.32. The first-order valence-corrected chi connectivity index (χ1v) is 6.97. The van der Waals surface area contributed by atoms with Crippen LogP contribution in [-0.4, -0.2) is 24.0 Å². The number of benzene rings is 1. The van der Waals surface area contributed by atoms with Crippen LogP contribution in [0.5, 0.6) is 0 Å². The van der Waals surface area contributed by atoms with Crippen molar-refractivity contribution in [3.63, 3.8) is 0 Å². The molecule has 0 aromatic heterocycles. The summed E-state index contributed by atoms with van der Waals surface area (Å²) in [6.45, 7) is 2.03. The molecule has 0 aliphatic heterocycles. The Morgan fingerprint density at radius 3 is 2.72 bits per heavy atom. The fourth-order valence-corrected chi connectivity index (χ4v) is 2.91. The molecule has 1 aromatic carbocycles. The van der Waals surface area contributed by atoms with Crippen molar-refractivity contribution in [1.82, 2.24) is 4.90 Å². The van der Waals surface area contributed by atoms with Crippen LogP contribution >= 0.6 is 11.6 Å². The van der Waals surface area contributed by atoms with Crippen molar-refractivity contribution in [2.75, 3.05) is 13.1 Å². The SMILES string of the molecule is NCCN(Cc1cccc(Cl)c1F)C1CCCC1. The molecule has 2 nitrogen and oxygen atoms in total. The maximum Gasteiger partial charge on any atom is 0.146 e. The Morgan fingerprint density at radius 2 is 2.06 bits per heavy atom. The molecule has 2 rings (SSSR count). The van der Waals surface area contributed by atoms with Crippen molar-refractivity contribution in [3.05, 3.63) is 34.6 Å². The molecule has 2 N–H and O–H groups in total. The molecule has 1 fully saturated rings. The molecule has 0 radical (unpaired) electrons. The van der Waals surface area contributed by atoms with Crippen LogP contribution in [0.25, 0.3) is 0 Å². The third-order valence-electron chi connectivity index (χ3n) is 3.66. The molecule has 1 aliphatic rings. The normalized spacial score (nSPS) is 16.7. The summed E-state index contributed by atoms with van der Waals surface area (Å²) in [5.41, 5.74) is 6.33. The number of nitrogens with zero attached hydrogens (tertiary/aromatic N) is 1. The zero-order chi connectivity index (χ0) is 13.0. The first kappa shape index (κ1) is 13.8. The quantitative estimate of drug-likeness (QED) is 0.890. The van der Waals surface area contributed by atoms with E-state index in [1.165, 1.54) is 25.7 Å². The Morgan fingerprint density at radius 1 is 1.33 bits per heavy atom. The number of nitrogens with two attached hydrogens (primary N) is 1. The average Bonchev–Trinajstić information content (AvgIpc) is 2.88. The Kier molecular flexibility index (Phi) is 4.98. The number of hydrogen-bond donors (Lipinski definition) is 1. The largest absolute Gasteiger partial charge is 0.329 e. The van der Waals surface area contributed by atoms with E-state index in [2.05, 4.69) is 4.90 Å². The predicted octanol–water partition coefficient (Wildman–Crippen LogP) is 3.18. The average molecular weight is 271 g/mol. The molecular weight excluding hydrogens is 251 g/mol. The van der Waals surface area contributed by atoms with Gasteiger partial charge in [-0.15, -0.1) is 0 Å². The molecule has 4 heteroatoms. The molecule has 1 aromatic rings. The van der Waals surface area contributed by atoms with Gasteiger partial charge in [-0.25, -0.2) is 4.39 Å². The fraction of sp³-hybridized carbons (Fsp3) is 0.571. The van der Waals surface area contributed by atoms with Gasteiger partial charge in [0.2, 0.25) is 0 Å². The van der Waals surface area contributed by atoms with Gasteiger partial charge in [-0.3, -0.25) is 4.90 Å². The van der Waals surface area contributed by atoms with Crippen molar-refractivity contribution < 1.29 is 4.39 Å². The molecule has 0 amide bonds. The Labute approximate surface area is 113 Å². The lowest BCUT2D eigenvalue weighted by molar-refractivity contribution is 0.193. The molecular formula is C14H20ClFN2. The monoisotopic (exact) mass is 270 g/mol. The minimum atomic E-state index is -0.292. The zero-order valence-electron chi connectivity index (χ0n) is 10.5. The summed E-state index contributed by atoms with van der Waals surface area (Å²) in [4.78, 5) is 2.29. The van der Waals surface area contributed by atoms with Crippen LogP contribution in [0.15, 0.2) is 18.2 Å². The molecule has 18 heavy (non-hydrogen) atoms. The van der Waals surface area contributed by atoms with Crippen molar-refractivity contribution in [1.29, 1.82) is 0 Å². The van der Waals surface area contributed by atoms with Gasteiger partial charge < -0.3 is 5.73 Å². The van der Waals surface area contributed by atoms with Crippen molar-refractivity contribution >= 4 is 11.6 Å². The molecule has 0 bridgehead atoms. The minimum absolute atomic E-state index is 0.201. The van der Waals surface area contributed by atoms with Gasteiger partial charge >= 0.3 is 0 Å². The maximum atomic E-state index is 13.9. The standard InChI is InChI=1S/C14H20ClFN2/c15-13-7-3-4-11(14(13)16)10-18(9-8-17)12-5-1-2-6-12/h3-4,7,12H,1-2,5-6,8-10,17H2. The molecule has 0 heterocycles. The van der Waals surface area contributed by atoms with E-state index < -0.39 is 0 Å². The van der Waals surface area contributed by atoms with Gasteiger partial charge in [-0.1, -0.05) is 36.6 Å². The summed E-state index contributed by atoms with van der Waals surface area (Å²) < 4.78 is 13.9. The van der Waals surface area contributed by atoms with E-state index >= 15 is 0 Å². The summed E-state index contributed by atoms with van der Waals surface area (Å²) in [5, 5.41) is 0.201. The molecule has 1 saturated carbocycles. The minimum Gasteiger partial charge on any atom is -0.329 e. The number of rotatable bonds is 5. The molecule has 0 atom stereocenters. The third kappa shape index (κ3) is 3.22. The Balaban J connectivity index is 2.10. The van der Waals surface area contributed by atoms with E-state index in [4.69, 9.17) is 17.3 Å². The van der Waals surface area contributed by atoms with Crippen LogP contribution in [-0.2, 0) is 6.54 Å². The van der Waals surface area contributed by atoms with Crippen LogP contribution in [0.1, 0.15) is 31.2 Å². The third-order valence-corrected chi connectivity index (χ3v) is 3.95. The summed E-state index contributed by atoms with van der Waals surface area (Å²) >= 11 is 5.82. The first-order chi connectivity index (χ1) is 8.72. The topological polar surface area (TPSA) is 29.3 Å². The molecule has 1 aliphatic carbocycles. The van der Waals surface area contributed by atoms with Crippen LogP contribution < -0.4 is 5.73 Å². The summed E-state index contributed by atoms with van der Waals surface area (Å²) in [5.74, 6) is -0.292. The van der Waals surface area contributed by atoms with Crippen molar-refractivity contribution in [3.8, 4) is 0 Å². The van der Waals surface area contributed by atoms with Crippen molar-refractivity contribution in [2.24, 2.45) is 5.73 Å². The smallest absolute Gasteiger partial charge is 0.146 e. The van der Waals surface area contributed by atoms with Gasteiger partial charge in [0, 0.05) is 31.2 Å². The lowest BCUT2D eigenvalue weighted by Gasteiger charge is -2.28. The number of hydrogen-bond acceptors (Lipinski definition) is 2. The van der Waals surface area contributed by atoms with Crippen LogP contribution in [0, 0.1) is 5.82 Å². The highest BCUT2D eigenvalue weighted by Gasteiger charge is 2.23. The lowest BCUT2D eigenvalue weighted by Crippen LogP contribution is -2.36. The predicted molar refractivity (Wildman–Crippen MR) is 73.1 cm³/mol. The summed E-state index contributed by atoms with van der Waals surface area (Å²) in [6, 6.07) is 5.74. The highest BCUT2D eigenvalue weighted by molar-refractivity contribution is 6.30. The van der Waals surface area contributed by atoms with E-state index in [0.29, 0.717) is 24.7 Å². The van der Waals surface area contributed by atoms with E-state index in [0.717, 1.165) is 6.54 Å². The summed E-state index contributed by atoms with van der Waals surface area (Å²) in [7, 11) is 0. The Bertz CT molecular complexity index is 391. The van der Waals surface area contributed by atoms with Gasteiger partial charge in [0.1, 0.15) is 5.82 Å². The van der Waals surface area contributed by atoms with E-state index in [1.54, 1.807) is 18.2 Å². The van der Waals surface area contributed by atoms with E-state index in [-0.39, 0.29) is 10.8 Å². The van der Waals surface area contributed by atoms with E-state index in [1.807, 2.05) is 0 Å². The van der Waals surface area contributed by atoms with Crippen LogP contribution in [0.2, 0.25) is 5.02 Å². The summed E-state index contributed by atoms with van der Waals surface area (Å²) in [6.07, 6.45) is 4.93. The van der Waals surface area contributed by atoms with Gasteiger partial charge in [0.25, 0.3) is 0 Å². The van der Waals surface area contributed by atoms with E-state index in [9.17, 15) is 4.39 Å². The molecule has 0 unspecified atom stereocenters. The molecule has 100 valence electrons. The van der Waals surface area contributed by atoms with Gasteiger partial charge in [-0.2, -0.15) is 0 Å². The van der Waals surface area contributed by atoms with Crippen LogP contribution in [0.3, 0.4) is 0 Å². The zero-order valence-corrected chi connectivity index (χ0v) is 11.3. The first-order valence-electron chi connectivity index (χ1n) is 6.59. The Hall–Kier alpha value is -0.640.